The van der Waals surface area contributed by atoms with Crippen molar-refractivity contribution < 1.29 is 40.1 Å². The molecule has 0 spiro atoms. The SMILES string of the molecule is CCC1CC(CO)C(COCC2CC(O)C(O)C(CO)O2)C(O)C1O. The predicted octanol–water partition coefficient (Wildman–Crippen LogP) is -1.75. The van der Waals surface area contributed by atoms with E-state index in [2.05, 4.69) is 0 Å². The molecule has 0 radical (unpaired) electrons. The van der Waals surface area contributed by atoms with Gasteiger partial charge in [-0.25, -0.2) is 0 Å². The number of hydrogen-bond donors (Lipinski definition) is 6. The normalized spacial score (nSPS) is 45.5. The third kappa shape index (κ3) is 4.90. The molecule has 2 aliphatic rings. The lowest BCUT2D eigenvalue weighted by Crippen LogP contribution is -2.52. The van der Waals surface area contributed by atoms with E-state index in [9.17, 15) is 30.6 Å². The Kier molecular flexibility index (Phi) is 8.03. The van der Waals surface area contributed by atoms with Crippen LogP contribution in [-0.2, 0) is 9.47 Å². The Morgan fingerprint density at radius 1 is 0.880 bits per heavy atom. The van der Waals surface area contributed by atoms with Crippen molar-refractivity contribution >= 4 is 0 Å². The van der Waals surface area contributed by atoms with Crippen molar-refractivity contribution in [3.63, 3.8) is 0 Å². The summed E-state index contributed by atoms with van der Waals surface area (Å²) in [5.41, 5.74) is 0. The second-order valence-electron chi connectivity index (χ2n) is 7.30. The highest BCUT2D eigenvalue weighted by atomic mass is 16.6. The summed E-state index contributed by atoms with van der Waals surface area (Å²) in [5, 5.41) is 58.8. The summed E-state index contributed by atoms with van der Waals surface area (Å²) in [4.78, 5) is 0. The van der Waals surface area contributed by atoms with Crippen LogP contribution in [0.2, 0.25) is 0 Å². The van der Waals surface area contributed by atoms with Gasteiger partial charge in [-0.15, -0.1) is 0 Å². The molecule has 25 heavy (non-hydrogen) atoms. The first kappa shape index (κ1) is 21.0. The molecule has 9 atom stereocenters. The Morgan fingerprint density at radius 3 is 2.20 bits per heavy atom. The number of rotatable bonds is 7. The average molecular weight is 364 g/mol. The summed E-state index contributed by atoms with van der Waals surface area (Å²) in [6.45, 7) is 1.76. The van der Waals surface area contributed by atoms with Crippen molar-refractivity contribution in [1.82, 2.24) is 0 Å². The van der Waals surface area contributed by atoms with E-state index in [4.69, 9.17) is 9.47 Å². The topological polar surface area (TPSA) is 140 Å². The lowest BCUT2D eigenvalue weighted by molar-refractivity contribution is -0.195. The quantitative estimate of drug-likeness (QED) is 0.313. The molecule has 0 aromatic rings. The molecular formula is C17H32O8. The van der Waals surface area contributed by atoms with Crippen LogP contribution in [0, 0.1) is 17.8 Å². The van der Waals surface area contributed by atoms with Gasteiger partial charge in [0.05, 0.1) is 44.2 Å². The van der Waals surface area contributed by atoms with Gasteiger partial charge in [-0.1, -0.05) is 13.3 Å². The average Bonchev–Trinajstić information content (AvgIpc) is 2.61. The van der Waals surface area contributed by atoms with Gasteiger partial charge in [-0.3, -0.25) is 0 Å². The van der Waals surface area contributed by atoms with Crippen LogP contribution < -0.4 is 0 Å². The predicted molar refractivity (Wildman–Crippen MR) is 87.7 cm³/mol. The summed E-state index contributed by atoms with van der Waals surface area (Å²) in [5.74, 6) is -0.559. The number of aliphatic hydroxyl groups is 6. The molecule has 1 aliphatic carbocycles. The molecule has 148 valence electrons. The van der Waals surface area contributed by atoms with Gasteiger partial charge >= 0.3 is 0 Å². The largest absolute Gasteiger partial charge is 0.396 e. The number of hydrogen-bond acceptors (Lipinski definition) is 8. The van der Waals surface area contributed by atoms with Crippen LogP contribution in [0.25, 0.3) is 0 Å². The Bertz CT molecular complexity index is 393. The minimum atomic E-state index is -1.12. The Hall–Kier alpha value is -0.320. The second-order valence-corrected chi connectivity index (χ2v) is 7.30. The first-order valence-electron chi connectivity index (χ1n) is 9.10. The van der Waals surface area contributed by atoms with Crippen molar-refractivity contribution in [1.29, 1.82) is 0 Å². The molecule has 2 fully saturated rings. The van der Waals surface area contributed by atoms with E-state index in [0.29, 0.717) is 6.42 Å². The van der Waals surface area contributed by atoms with E-state index in [1.807, 2.05) is 6.92 Å². The van der Waals surface area contributed by atoms with Gasteiger partial charge in [-0.2, -0.15) is 0 Å². The maximum absolute atomic E-state index is 10.4. The van der Waals surface area contributed by atoms with E-state index < -0.39 is 43.2 Å². The summed E-state index contributed by atoms with van der Waals surface area (Å²) >= 11 is 0. The zero-order valence-electron chi connectivity index (χ0n) is 14.6. The number of aliphatic hydroxyl groups excluding tert-OH is 6. The Balaban J connectivity index is 1.85. The van der Waals surface area contributed by atoms with Crippen molar-refractivity contribution in [3.8, 4) is 0 Å². The maximum atomic E-state index is 10.4. The van der Waals surface area contributed by atoms with Crippen LogP contribution >= 0.6 is 0 Å². The van der Waals surface area contributed by atoms with Gasteiger partial charge in [0.15, 0.2) is 0 Å². The van der Waals surface area contributed by atoms with Gasteiger partial charge in [0.25, 0.3) is 0 Å². The zero-order chi connectivity index (χ0) is 18.6. The van der Waals surface area contributed by atoms with Crippen LogP contribution in [0.5, 0.6) is 0 Å². The van der Waals surface area contributed by atoms with E-state index in [-0.39, 0.29) is 44.0 Å². The molecule has 0 aromatic heterocycles. The van der Waals surface area contributed by atoms with Crippen LogP contribution in [-0.4, -0.2) is 93.7 Å². The second kappa shape index (κ2) is 9.57. The third-order valence-electron chi connectivity index (χ3n) is 5.68. The highest BCUT2D eigenvalue weighted by Gasteiger charge is 2.42. The summed E-state index contributed by atoms with van der Waals surface area (Å²) in [6.07, 6.45) is -3.67. The Labute approximate surface area is 148 Å². The van der Waals surface area contributed by atoms with Gasteiger partial charge in [0, 0.05) is 18.9 Å². The molecule has 0 bridgehead atoms. The zero-order valence-corrected chi connectivity index (χ0v) is 14.6. The minimum absolute atomic E-state index is 0.0352. The summed E-state index contributed by atoms with van der Waals surface area (Å²) < 4.78 is 11.1. The van der Waals surface area contributed by atoms with Crippen LogP contribution in [0.3, 0.4) is 0 Å². The van der Waals surface area contributed by atoms with Gasteiger partial charge in [0.1, 0.15) is 12.2 Å². The fraction of sp³-hybridized carbons (Fsp3) is 1.00. The van der Waals surface area contributed by atoms with Crippen LogP contribution in [0.1, 0.15) is 26.2 Å². The molecule has 1 saturated carbocycles. The van der Waals surface area contributed by atoms with E-state index >= 15 is 0 Å². The molecule has 8 heteroatoms. The van der Waals surface area contributed by atoms with Crippen molar-refractivity contribution in [3.05, 3.63) is 0 Å². The molecule has 9 unspecified atom stereocenters. The number of ether oxygens (including phenoxy) is 2. The first-order valence-corrected chi connectivity index (χ1v) is 9.10. The highest BCUT2D eigenvalue weighted by molar-refractivity contribution is 4.92. The molecule has 8 nitrogen and oxygen atoms in total. The first-order chi connectivity index (χ1) is 11.9. The smallest absolute Gasteiger partial charge is 0.109 e. The van der Waals surface area contributed by atoms with Gasteiger partial charge < -0.3 is 40.1 Å². The lowest BCUT2D eigenvalue weighted by Gasteiger charge is -2.42. The monoisotopic (exact) mass is 364 g/mol. The third-order valence-corrected chi connectivity index (χ3v) is 5.68. The molecule has 1 saturated heterocycles. The molecule has 0 amide bonds. The fourth-order valence-corrected chi connectivity index (χ4v) is 4.00. The van der Waals surface area contributed by atoms with Crippen LogP contribution in [0.15, 0.2) is 0 Å². The van der Waals surface area contributed by atoms with Gasteiger partial charge in [0.2, 0.25) is 0 Å². The maximum Gasteiger partial charge on any atom is 0.109 e. The summed E-state index contributed by atoms with van der Waals surface area (Å²) in [6, 6.07) is 0. The molecule has 6 N–H and O–H groups in total. The van der Waals surface area contributed by atoms with Crippen molar-refractivity contribution in [2.75, 3.05) is 26.4 Å². The molecule has 2 rings (SSSR count). The van der Waals surface area contributed by atoms with Crippen LogP contribution in [0.4, 0.5) is 0 Å². The summed E-state index contributed by atoms with van der Waals surface area (Å²) in [7, 11) is 0. The molecule has 1 aliphatic heterocycles. The van der Waals surface area contributed by atoms with E-state index in [1.54, 1.807) is 0 Å². The Morgan fingerprint density at radius 2 is 1.60 bits per heavy atom. The van der Waals surface area contributed by atoms with Gasteiger partial charge in [-0.05, 0) is 18.3 Å². The molecule has 0 aromatic carbocycles. The molecular weight excluding hydrogens is 332 g/mol. The molecule has 1 heterocycles. The van der Waals surface area contributed by atoms with E-state index in [1.165, 1.54) is 0 Å². The lowest BCUT2D eigenvalue weighted by atomic mass is 9.70. The van der Waals surface area contributed by atoms with E-state index in [0.717, 1.165) is 6.42 Å². The standard InChI is InChI=1S/C17H32O8/c1-2-9-3-10(5-18)12(16(22)15(9)21)8-24-7-11-4-13(20)17(23)14(6-19)25-11/h9-23H,2-8H2,1H3. The fourth-order valence-electron chi connectivity index (χ4n) is 4.00. The highest BCUT2D eigenvalue weighted by Crippen LogP contribution is 2.36. The minimum Gasteiger partial charge on any atom is -0.396 e. The van der Waals surface area contributed by atoms with Crippen molar-refractivity contribution in [2.45, 2.75) is 62.8 Å². The van der Waals surface area contributed by atoms with Crippen molar-refractivity contribution in [2.24, 2.45) is 17.8 Å².